The Morgan fingerprint density at radius 3 is 2.48 bits per heavy atom. The van der Waals surface area contributed by atoms with Crippen molar-refractivity contribution in [3.8, 4) is 5.75 Å². The predicted octanol–water partition coefficient (Wildman–Crippen LogP) is 2.83. The van der Waals surface area contributed by atoms with Crippen molar-refractivity contribution in [1.29, 1.82) is 0 Å². The third-order valence-corrected chi connectivity index (χ3v) is 5.86. The van der Waals surface area contributed by atoms with Crippen LogP contribution in [0.2, 0.25) is 0 Å². The maximum atomic E-state index is 13.1. The molecule has 0 fully saturated rings. The van der Waals surface area contributed by atoms with E-state index in [2.05, 4.69) is 0 Å². The van der Waals surface area contributed by atoms with Crippen LogP contribution in [0.3, 0.4) is 0 Å². The number of hydrogen-bond acceptors (Lipinski definition) is 4. The van der Waals surface area contributed by atoms with Gasteiger partial charge < -0.3 is 9.64 Å². The summed E-state index contributed by atoms with van der Waals surface area (Å²) in [7, 11) is -3.65. The fraction of sp³-hybridized carbons (Fsp3) is 0.350. The quantitative estimate of drug-likeness (QED) is 0.763. The summed E-state index contributed by atoms with van der Waals surface area (Å²) >= 11 is 0. The first-order chi connectivity index (χ1) is 12.8. The second-order valence-corrected chi connectivity index (χ2v) is 8.39. The standard InChI is InChI=1S/C20H24N2O4S/c1-4-26-18-11-9-17(10-12-18)22(27(3,24)25)15(2)20(23)21-14-13-16-7-5-6-8-19(16)21/h5-12,15H,4,13-14H2,1-3H3. The first kappa shape index (κ1) is 19.2. The van der Waals surface area contributed by atoms with Crippen molar-refractivity contribution in [2.45, 2.75) is 26.3 Å². The number of para-hydroxylation sites is 1. The van der Waals surface area contributed by atoms with Gasteiger partial charge in [0.1, 0.15) is 11.8 Å². The summed E-state index contributed by atoms with van der Waals surface area (Å²) in [5.74, 6) is 0.418. The van der Waals surface area contributed by atoms with E-state index in [1.807, 2.05) is 31.2 Å². The molecule has 27 heavy (non-hydrogen) atoms. The third-order valence-electron chi connectivity index (χ3n) is 4.62. The molecule has 3 rings (SSSR count). The van der Waals surface area contributed by atoms with Crippen LogP contribution in [-0.2, 0) is 21.2 Å². The maximum Gasteiger partial charge on any atom is 0.250 e. The smallest absolute Gasteiger partial charge is 0.250 e. The number of nitrogens with zero attached hydrogens (tertiary/aromatic N) is 2. The van der Waals surface area contributed by atoms with E-state index in [-0.39, 0.29) is 5.91 Å². The Morgan fingerprint density at radius 1 is 1.19 bits per heavy atom. The van der Waals surface area contributed by atoms with Crippen molar-refractivity contribution in [2.24, 2.45) is 0 Å². The Hall–Kier alpha value is -2.54. The van der Waals surface area contributed by atoms with Gasteiger partial charge in [-0.1, -0.05) is 18.2 Å². The largest absolute Gasteiger partial charge is 0.494 e. The summed E-state index contributed by atoms with van der Waals surface area (Å²) in [5.41, 5.74) is 2.40. The van der Waals surface area contributed by atoms with E-state index in [0.29, 0.717) is 24.6 Å². The fourth-order valence-corrected chi connectivity index (χ4v) is 4.62. The van der Waals surface area contributed by atoms with Gasteiger partial charge in [0.15, 0.2) is 0 Å². The molecule has 1 unspecified atom stereocenters. The highest BCUT2D eigenvalue weighted by Crippen LogP contribution is 2.30. The lowest BCUT2D eigenvalue weighted by atomic mass is 10.2. The zero-order valence-electron chi connectivity index (χ0n) is 15.8. The maximum absolute atomic E-state index is 13.1. The van der Waals surface area contributed by atoms with Gasteiger partial charge in [-0.05, 0) is 56.2 Å². The topological polar surface area (TPSA) is 66.9 Å². The number of ether oxygens (including phenoxy) is 1. The lowest BCUT2D eigenvalue weighted by molar-refractivity contribution is -0.119. The van der Waals surface area contributed by atoms with E-state index in [1.54, 1.807) is 36.1 Å². The van der Waals surface area contributed by atoms with Crippen LogP contribution in [0.5, 0.6) is 5.75 Å². The number of amides is 1. The minimum atomic E-state index is -3.65. The van der Waals surface area contributed by atoms with Crippen LogP contribution in [0.4, 0.5) is 11.4 Å². The SMILES string of the molecule is CCOc1ccc(N(C(C)C(=O)N2CCc3ccccc32)S(C)(=O)=O)cc1. The summed E-state index contributed by atoms with van der Waals surface area (Å²) in [6.45, 7) is 4.59. The van der Waals surface area contributed by atoms with Gasteiger partial charge in [-0.15, -0.1) is 0 Å². The number of fused-ring (bicyclic) bond motifs is 1. The normalized spacial score (nSPS) is 14.6. The molecule has 1 amide bonds. The van der Waals surface area contributed by atoms with E-state index in [0.717, 1.165) is 23.9 Å². The van der Waals surface area contributed by atoms with E-state index in [9.17, 15) is 13.2 Å². The molecule has 0 aromatic heterocycles. The van der Waals surface area contributed by atoms with Gasteiger partial charge in [0.2, 0.25) is 10.0 Å². The number of hydrogen-bond donors (Lipinski definition) is 0. The van der Waals surface area contributed by atoms with E-state index in [1.165, 1.54) is 4.31 Å². The average molecular weight is 388 g/mol. The van der Waals surface area contributed by atoms with Crippen molar-refractivity contribution >= 4 is 27.3 Å². The number of benzene rings is 2. The number of rotatable bonds is 6. The molecule has 0 saturated heterocycles. The summed E-state index contributed by atoms with van der Waals surface area (Å²) in [6.07, 6.45) is 1.89. The number of carbonyl (C=O) groups excluding carboxylic acids is 1. The first-order valence-corrected chi connectivity index (χ1v) is 10.8. The highest BCUT2D eigenvalue weighted by Gasteiger charge is 2.34. The van der Waals surface area contributed by atoms with Crippen LogP contribution < -0.4 is 13.9 Å². The van der Waals surface area contributed by atoms with Gasteiger partial charge in [0.25, 0.3) is 5.91 Å². The van der Waals surface area contributed by atoms with Gasteiger partial charge in [0, 0.05) is 12.2 Å². The number of anilines is 2. The monoisotopic (exact) mass is 388 g/mol. The Kier molecular flexibility index (Phi) is 5.41. The van der Waals surface area contributed by atoms with E-state index in [4.69, 9.17) is 4.74 Å². The minimum absolute atomic E-state index is 0.237. The molecule has 0 spiro atoms. The second kappa shape index (κ2) is 7.60. The summed E-state index contributed by atoms with van der Waals surface area (Å²) < 4.78 is 31.5. The molecule has 0 N–H and O–H groups in total. The lowest BCUT2D eigenvalue weighted by Gasteiger charge is -2.31. The molecule has 144 valence electrons. The van der Waals surface area contributed by atoms with Crippen LogP contribution in [0.15, 0.2) is 48.5 Å². The molecule has 1 aliphatic rings. The summed E-state index contributed by atoms with van der Waals surface area (Å²) in [6, 6.07) is 13.6. The van der Waals surface area contributed by atoms with Crippen molar-refractivity contribution in [3.63, 3.8) is 0 Å². The molecule has 0 saturated carbocycles. The van der Waals surface area contributed by atoms with Crippen LogP contribution >= 0.6 is 0 Å². The molecule has 0 aliphatic carbocycles. The Labute approximate surface area is 160 Å². The van der Waals surface area contributed by atoms with Gasteiger partial charge in [-0.3, -0.25) is 9.10 Å². The molecule has 1 aliphatic heterocycles. The van der Waals surface area contributed by atoms with Gasteiger partial charge >= 0.3 is 0 Å². The molecular weight excluding hydrogens is 364 g/mol. The molecule has 2 aromatic carbocycles. The van der Waals surface area contributed by atoms with Crippen molar-refractivity contribution < 1.29 is 17.9 Å². The van der Waals surface area contributed by atoms with Crippen LogP contribution in [-0.4, -0.2) is 39.8 Å². The summed E-state index contributed by atoms with van der Waals surface area (Å²) in [5, 5.41) is 0. The minimum Gasteiger partial charge on any atom is -0.494 e. The molecule has 7 heteroatoms. The molecule has 0 bridgehead atoms. The molecule has 2 aromatic rings. The highest BCUT2D eigenvalue weighted by atomic mass is 32.2. The van der Waals surface area contributed by atoms with E-state index >= 15 is 0 Å². The van der Waals surface area contributed by atoms with E-state index < -0.39 is 16.1 Å². The molecule has 0 radical (unpaired) electrons. The first-order valence-electron chi connectivity index (χ1n) is 8.94. The van der Waals surface area contributed by atoms with Crippen molar-refractivity contribution in [1.82, 2.24) is 0 Å². The summed E-state index contributed by atoms with van der Waals surface area (Å²) in [4.78, 5) is 14.8. The zero-order chi connectivity index (χ0) is 19.6. The molecule has 1 heterocycles. The van der Waals surface area contributed by atoms with Crippen LogP contribution in [0.1, 0.15) is 19.4 Å². The second-order valence-electron chi connectivity index (χ2n) is 6.53. The molecule has 6 nitrogen and oxygen atoms in total. The van der Waals surface area contributed by atoms with Crippen LogP contribution in [0, 0.1) is 0 Å². The van der Waals surface area contributed by atoms with Crippen molar-refractivity contribution in [2.75, 3.05) is 28.6 Å². The number of carbonyl (C=O) groups is 1. The van der Waals surface area contributed by atoms with Crippen molar-refractivity contribution in [3.05, 3.63) is 54.1 Å². The Morgan fingerprint density at radius 2 is 1.85 bits per heavy atom. The zero-order valence-corrected chi connectivity index (χ0v) is 16.6. The van der Waals surface area contributed by atoms with Crippen LogP contribution in [0.25, 0.3) is 0 Å². The predicted molar refractivity (Wildman–Crippen MR) is 107 cm³/mol. The Bertz CT molecular complexity index is 925. The number of sulfonamides is 1. The average Bonchev–Trinajstić information content (AvgIpc) is 3.06. The molecule has 1 atom stereocenters. The van der Waals surface area contributed by atoms with Gasteiger partial charge in [-0.2, -0.15) is 0 Å². The highest BCUT2D eigenvalue weighted by molar-refractivity contribution is 7.92. The third kappa shape index (κ3) is 3.93. The molecular formula is C20H24N2O4S. The Balaban J connectivity index is 1.90. The van der Waals surface area contributed by atoms with Gasteiger partial charge in [-0.25, -0.2) is 8.42 Å². The fourth-order valence-electron chi connectivity index (χ4n) is 3.45. The lowest BCUT2D eigenvalue weighted by Crippen LogP contribution is -2.49. The van der Waals surface area contributed by atoms with Gasteiger partial charge in [0.05, 0.1) is 18.6 Å².